The van der Waals surface area contributed by atoms with E-state index in [0.717, 1.165) is 22.5 Å². The Morgan fingerprint density at radius 2 is 2.08 bits per heavy atom. The highest BCUT2D eigenvalue weighted by atomic mass is 16.5. The number of nitrogens with zero attached hydrogens (tertiary/aromatic N) is 7. The van der Waals surface area contributed by atoms with Gasteiger partial charge in [0.15, 0.2) is 0 Å². The Kier molecular flexibility index (Phi) is 7.50. The quantitative estimate of drug-likeness (QED) is 0.265. The molecule has 1 saturated heterocycles. The smallest absolute Gasteiger partial charge is 0.330 e. The van der Waals surface area contributed by atoms with Crippen molar-refractivity contribution < 1.29 is 19.4 Å². The molecule has 0 atom stereocenters. The Balaban J connectivity index is 1.47. The van der Waals surface area contributed by atoms with E-state index in [9.17, 15) is 9.90 Å². The predicted molar refractivity (Wildman–Crippen MR) is 140 cm³/mol. The molecule has 0 radical (unpaired) electrons. The molecule has 12 heteroatoms. The van der Waals surface area contributed by atoms with Gasteiger partial charge in [-0.2, -0.15) is 4.98 Å². The minimum atomic E-state index is -0.388. The number of carbonyl (C=O) groups is 1. The number of tetrazole rings is 1. The lowest BCUT2D eigenvalue weighted by Gasteiger charge is -2.29. The van der Waals surface area contributed by atoms with Crippen LogP contribution in [0.2, 0.25) is 0 Å². The van der Waals surface area contributed by atoms with E-state index in [1.54, 1.807) is 37.4 Å². The zero-order chi connectivity index (χ0) is 26.3. The summed E-state index contributed by atoms with van der Waals surface area (Å²) in [6, 6.07) is 12.7. The van der Waals surface area contributed by atoms with Crippen LogP contribution >= 0.6 is 0 Å². The fraction of sp³-hybridized carbons (Fsp3) is 0.231. The zero-order valence-electron chi connectivity index (χ0n) is 20.7. The largest absolute Gasteiger partial charge is 0.508 e. The van der Waals surface area contributed by atoms with Crippen LogP contribution in [0.5, 0.6) is 5.75 Å². The molecule has 0 unspecified atom stereocenters. The van der Waals surface area contributed by atoms with Crippen molar-refractivity contribution in [3.05, 3.63) is 66.6 Å². The minimum Gasteiger partial charge on any atom is -0.508 e. The highest BCUT2D eigenvalue weighted by Gasteiger charge is 2.19. The van der Waals surface area contributed by atoms with E-state index in [-0.39, 0.29) is 11.7 Å². The first-order chi connectivity index (χ1) is 18.6. The van der Waals surface area contributed by atoms with Crippen molar-refractivity contribution in [3.8, 4) is 22.6 Å². The molecule has 0 spiro atoms. The van der Waals surface area contributed by atoms with Crippen molar-refractivity contribution >= 4 is 29.5 Å². The van der Waals surface area contributed by atoms with E-state index in [0.29, 0.717) is 50.2 Å². The van der Waals surface area contributed by atoms with Gasteiger partial charge in [0.25, 0.3) is 0 Å². The molecule has 5 rings (SSSR count). The summed E-state index contributed by atoms with van der Waals surface area (Å²) in [6.45, 7) is 4.65. The van der Waals surface area contributed by atoms with E-state index in [4.69, 9.17) is 14.5 Å². The SMILES string of the molecule is CCOC(=O)/C=C/c1cccc(-c2cnc(Nc3cc(O)cc(-n4cnnn4)c3)nc2N2CCOCC2)c1. The highest BCUT2D eigenvalue weighted by molar-refractivity contribution is 5.87. The monoisotopic (exact) mass is 514 g/mol. The molecule has 1 aliphatic heterocycles. The Labute approximate surface area is 218 Å². The van der Waals surface area contributed by atoms with Crippen LogP contribution in [-0.2, 0) is 14.3 Å². The van der Waals surface area contributed by atoms with Crippen LogP contribution in [0.4, 0.5) is 17.5 Å². The fourth-order valence-electron chi connectivity index (χ4n) is 4.03. The van der Waals surface area contributed by atoms with E-state index in [2.05, 4.69) is 30.7 Å². The molecule has 2 aromatic heterocycles. The number of rotatable bonds is 8. The molecular weight excluding hydrogens is 488 g/mol. The standard InChI is InChI=1S/C26H26N8O4/c1-2-38-24(36)7-6-18-4-3-5-19(12-18)23-16-27-26(30-25(23)33-8-10-37-11-9-33)29-20-13-21(15-22(35)14-20)34-17-28-31-32-34/h3-7,12-17,35H,2,8-11H2,1H3,(H,27,29,30)/b7-6+. The number of nitrogens with one attached hydrogen (secondary N) is 1. The summed E-state index contributed by atoms with van der Waals surface area (Å²) in [6.07, 6.45) is 6.33. The number of morpholine rings is 1. The number of hydrogen-bond acceptors (Lipinski definition) is 11. The number of aromatic nitrogens is 6. The third-order valence-corrected chi connectivity index (χ3v) is 5.75. The average Bonchev–Trinajstić information content (AvgIpc) is 3.48. The van der Waals surface area contributed by atoms with Gasteiger partial charge < -0.3 is 24.8 Å². The number of ether oxygens (including phenoxy) is 2. The lowest BCUT2D eigenvalue weighted by atomic mass is 10.0. The molecule has 194 valence electrons. The van der Waals surface area contributed by atoms with Crippen LogP contribution in [-0.4, -0.2) is 74.2 Å². The van der Waals surface area contributed by atoms with Crippen molar-refractivity contribution in [3.63, 3.8) is 0 Å². The maximum absolute atomic E-state index is 11.7. The van der Waals surface area contributed by atoms with Crippen molar-refractivity contribution in [2.24, 2.45) is 0 Å². The molecule has 1 fully saturated rings. The van der Waals surface area contributed by atoms with E-state index < -0.39 is 0 Å². The lowest BCUT2D eigenvalue weighted by molar-refractivity contribution is -0.137. The van der Waals surface area contributed by atoms with Gasteiger partial charge in [0.2, 0.25) is 5.95 Å². The summed E-state index contributed by atoms with van der Waals surface area (Å²) in [7, 11) is 0. The summed E-state index contributed by atoms with van der Waals surface area (Å²) in [5, 5.41) is 24.6. The molecule has 2 N–H and O–H groups in total. The van der Waals surface area contributed by atoms with Crippen LogP contribution in [0.25, 0.3) is 22.9 Å². The third-order valence-electron chi connectivity index (χ3n) is 5.75. The molecule has 2 aromatic carbocycles. The molecule has 1 aliphatic rings. The van der Waals surface area contributed by atoms with Gasteiger partial charge in [-0.25, -0.2) is 14.5 Å². The van der Waals surface area contributed by atoms with E-state index in [1.165, 1.54) is 17.1 Å². The Bertz CT molecular complexity index is 1440. The van der Waals surface area contributed by atoms with Crippen molar-refractivity contribution in [2.45, 2.75) is 6.92 Å². The molecule has 38 heavy (non-hydrogen) atoms. The van der Waals surface area contributed by atoms with Gasteiger partial charge in [-0.3, -0.25) is 0 Å². The maximum Gasteiger partial charge on any atom is 0.330 e. The Morgan fingerprint density at radius 1 is 1.21 bits per heavy atom. The Morgan fingerprint density at radius 3 is 2.87 bits per heavy atom. The first-order valence-corrected chi connectivity index (χ1v) is 12.1. The number of benzene rings is 2. The molecule has 12 nitrogen and oxygen atoms in total. The van der Waals surface area contributed by atoms with Crippen LogP contribution in [0.3, 0.4) is 0 Å². The van der Waals surface area contributed by atoms with E-state index in [1.807, 2.05) is 24.3 Å². The normalized spacial score (nSPS) is 13.6. The van der Waals surface area contributed by atoms with Crippen molar-refractivity contribution in [2.75, 3.05) is 43.1 Å². The molecule has 4 aromatic rings. The summed E-state index contributed by atoms with van der Waals surface area (Å²) in [5.74, 6) is 0.763. The molecular formula is C26H26N8O4. The number of aromatic hydroxyl groups is 1. The van der Waals surface area contributed by atoms with Gasteiger partial charge in [0.05, 0.1) is 25.5 Å². The van der Waals surface area contributed by atoms with Crippen LogP contribution in [0.15, 0.2) is 61.1 Å². The average molecular weight is 515 g/mol. The number of phenolic OH excluding ortho intramolecular Hbond substituents is 1. The molecule has 0 bridgehead atoms. The van der Waals surface area contributed by atoms with Gasteiger partial charge >= 0.3 is 5.97 Å². The molecule has 0 aliphatic carbocycles. The van der Waals surface area contributed by atoms with E-state index >= 15 is 0 Å². The first kappa shape index (κ1) is 24.8. The second-order valence-corrected chi connectivity index (χ2v) is 8.36. The van der Waals surface area contributed by atoms with Gasteiger partial charge in [-0.1, -0.05) is 18.2 Å². The van der Waals surface area contributed by atoms with Gasteiger partial charge in [0.1, 0.15) is 17.9 Å². The molecule has 3 heterocycles. The van der Waals surface area contributed by atoms with Crippen molar-refractivity contribution in [1.82, 2.24) is 30.2 Å². The summed E-state index contributed by atoms with van der Waals surface area (Å²) in [5.41, 5.74) is 3.74. The summed E-state index contributed by atoms with van der Waals surface area (Å²) >= 11 is 0. The number of esters is 1. The van der Waals surface area contributed by atoms with Crippen LogP contribution < -0.4 is 10.2 Å². The highest BCUT2D eigenvalue weighted by Crippen LogP contribution is 2.32. The number of hydrogen-bond donors (Lipinski definition) is 2. The maximum atomic E-state index is 11.7. The van der Waals surface area contributed by atoms with Gasteiger partial charge in [-0.15, -0.1) is 5.10 Å². The van der Waals surface area contributed by atoms with Crippen molar-refractivity contribution in [1.29, 1.82) is 0 Å². The second-order valence-electron chi connectivity index (χ2n) is 8.36. The zero-order valence-corrected chi connectivity index (χ0v) is 20.7. The lowest BCUT2D eigenvalue weighted by Crippen LogP contribution is -2.37. The summed E-state index contributed by atoms with van der Waals surface area (Å²) in [4.78, 5) is 23.3. The summed E-state index contributed by atoms with van der Waals surface area (Å²) < 4.78 is 12.0. The fourth-order valence-corrected chi connectivity index (χ4v) is 4.03. The number of phenols is 1. The topological polar surface area (TPSA) is 140 Å². The third kappa shape index (κ3) is 5.93. The number of carbonyl (C=O) groups excluding carboxylic acids is 1. The van der Waals surface area contributed by atoms with Gasteiger partial charge in [0, 0.05) is 48.7 Å². The molecule has 0 amide bonds. The van der Waals surface area contributed by atoms with Crippen LogP contribution in [0.1, 0.15) is 12.5 Å². The minimum absolute atomic E-state index is 0.0400. The number of anilines is 3. The van der Waals surface area contributed by atoms with Crippen LogP contribution in [0, 0.1) is 0 Å². The second kappa shape index (κ2) is 11.5. The Hall–Kier alpha value is -4.84. The first-order valence-electron chi connectivity index (χ1n) is 12.1. The predicted octanol–water partition coefficient (Wildman–Crippen LogP) is 2.98. The van der Waals surface area contributed by atoms with Gasteiger partial charge in [-0.05, 0) is 46.7 Å². The molecule has 0 saturated carbocycles.